The van der Waals surface area contributed by atoms with Gasteiger partial charge in [0.1, 0.15) is 0 Å². The summed E-state index contributed by atoms with van der Waals surface area (Å²) in [6, 6.07) is 18.7. The normalized spacial score (nSPS) is 10.6. The van der Waals surface area contributed by atoms with Crippen molar-refractivity contribution in [3.63, 3.8) is 0 Å². The van der Waals surface area contributed by atoms with Crippen LogP contribution in [0.15, 0.2) is 60.7 Å². The fourth-order valence-electron chi connectivity index (χ4n) is 2.61. The molecule has 0 heterocycles. The molecule has 6 heteroatoms. The zero-order chi connectivity index (χ0) is 19.3. The number of nitrogens with zero attached hydrogens (tertiary/aromatic N) is 1. The lowest BCUT2D eigenvalue weighted by Crippen LogP contribution is -2.36. The number of carbonyl (C=O) groups excluding carboxylic acids is 2. The van der Waals surface area contributed by atoms with Gasteiger partial charge < -0.3 is 4.90 Å². The third-order valence-corrected chi connectivity index (χ3v) is 4.83. The number of hydrogen-bond acceptors (Lipinski definition) is 4. The number of urea groups is 1. The van der Waals surface area contributed by atoms with E-state index in [1.165, 1.54) is 17.5 Å². The van der Waals surface area contributed by atoms with Gasteiger partial charge in [0.25, 0.3) is 5.91 Å². The quantitative estimate of drug-likeness (QED) is 0.478. The summed E-state index contributed by atoms with van der Waals surface area (Å²) in [5.41, 5.74) is 1.80. The molecule has 0 spiro atoms. The smallest absolute Gasteiger partial charge is 0.302 e. The fraction of sp³-hybridized carbons (Fsp3) is 0.333. The van der Waals surface area contributed by atoms with E-state index in [1.807, 2.05) is 12.1 Å². The number of hydrogen-bond donors (Lipinski definition) is 2. The molecule has 0 saturated heterocycles. The Kier molecular flexibility index (Phi) is 9.44. The number of carbonyl (C=O) groups is 2. The summed E-state index contributed by atoms with van der Waals surface area (Å²) < 4.78 is 2.65. The van der Waals surface area contributed by atoms with Crippen LogP contribution in [0, 0.1) is 0 Å². The minimum absolute atomic E-state index is 0.393. The Hall–Kier alpha value is -2.31. The van der Waals surface area contributed by atoms with E-state index in [2.05, 4.69) is 46.3 Å². The summed E-state index contributed by atoms with van der Waals surface area (Å²) in [7, 11) is 2.14. The van der Waals surface area contributed by atoms with Crippen molar-refractivity contribution in [3.05, 3.63) is 71.8 Å². The zero-order valence-corrected chi connectivity index (χ0v) is 16.5. The van der Waals surface area contributed by atoms with Crippen molar-refractivity contribution >= 4 is 23.9 Å². The largest absolute Gasteiger partial charge is 0.331 e. The van der Waals surface area contributed by atoms with Crippen LogP contribution in [-0.4, -0.2) is 36.2 Å². The van der Waals surface area contributed by atoms with Gasteiger partial charge in [0.15, 0.2) is 0 Å². The summed E-state index contributed by atoms with van der Waals surface area (Å²) in [6.45, 7) is 2.02. The molecule has 0 radical (unpaired) electrons. The van der Waals surface area contributed by atoms with Crippen LogP contribution in [0.4, 0.5) is 4.79 Å². The van der Waals surface area contributed by atoms with Crippen LogP contribution < -0.4 is 10.0 Å². The first-order chi connectivity index (χ1) is 13.1. The van der Waals surface area contributed by atoms with Gasteiger partial charge in [0.2, 0.25) is 0 Å². The molecule has 2 N–H and O–H groups in total. The van der Waals surface area contributed by atoms with E-state index in [0.717, 1.165) is 38.1 Å². The predicted molar refractivity (Wildman–Crippen MR) is 112 cm³/mol. The van der Waals surface area contributed by atoms with Gasteiger partial charge in [-0.3, -0.25) is 14.8 Å². The summed E-state index contributed by atoms with van der Waals surface area (Å²) in [6.07, 6.45) is 3.26. The molecule has 0 aliphatic rings. The molecule has 2 aromatic carbocycles. The molecule has 27 heavy (non-hydrogen) atoms. The Bertz CT molecular complexity index is 695. The average molecular weight is 386 g/mol. The molecule has 0 aliphatic heterocycles. The van der Waals surface area contributed by atoms with Gasteiger partial charge in [0.05, 0.1) is 0 Å². The summed E-state index contributed by atoms with van der Waals surface area (Å²) >= 11 is 1.33. The van der Waals surface area contributed by atoms with Gasteiger partial charge in [-0.25, -0.2) is 4.79 Å². The van der Waals surface area contributed by atoms with E-state index >= 15 is 0 Å². The molecule has 0 unspecified atom stereocenters. The SMILES string of the molecule is CN(CCCCCSNC(=O)NC(=O)c1ccccc1)Cc1ccccc1. The first kappa shape index (κ1) is 21.0. The van der Waals surface area contributed by atoms with Gasteiger partial charge >= 0.3 is 6.03 Å². The summed E-state index contributed by atoms with van der Waals surface area (Å²) in [5, 5.41) is 2.32. The summed E-state index contributed by atoms with van der Waals surface area (Å²) in [4.78, 5) is 25.9. The molecular formula is C21H27N3O2S. The molecule has 2 aromatic rings. The Labute approximate surface area is 165 Å². The lowest BCUT2D eigenvalue weighted by atomic mass is 10.2. The maximum absolute atomic E-state index is 11.8. The van der Waals surface area contributed by atoms with E-state index in [-0.39, 0.29) is 0 Å². The first-order valence-electron chi connectivity index (χ1n) is 9.16. The van der Waals surface area contributed by atoms with Crippen molar-refractivity contribution in [1.82, 2.24) is 14.9 Å². The van der Waals surface area contributed by atoms with Gasteiger partial charge in [-0.2, -0.15) is 0 Å². The minimum Gasteiger partial charge on any atom is -0.302 e. The molecule has 5 nitrogen and oxygen atoms in total. The maximum Gasteiger partial charge on any atom is 0.331 e. The highest BCUT2D eigenvalue weighted by Crippen LogP contribution is 2.07. The van der Waals surface area contributed by atoms with Crippen LogP contribution in [0.25, 0.3) is 0 Å². The Balaban J connectivity index is 1.48. The monoisotopic (exact) mass is 385 g/mol. The number of amides is 3. The van der Waals surface area contributed by atoms with E-state index < -0.39 is 11.9 Å². The Morgan fingerprint density at radius 1 is 0.926 bits per heavy atom. The van der Waals surface area contributed by atoms with Crippen LogP contribution in [0.5, 0.6) is 0 Å². The molecule has 3 amide bonds. The Morgan fingerprint density at radius 3 is 2.30 bits per heavy atom. The zero-order valence-electron chi connectivity index (χ0n) is 15.7. The number of imide groups is 1. The molecule has 0 aromatic heterocycles. The minimum atomic E-state index is -0.476. The molecule has 2 rings (SSSR count). The third-order valence-electron chi connectivity index (χ3n) is 4.01. The van der Waals surface area contributed by atoms with Crippen molar-refractivity contribution in [1.29, 1.82) is 0 Å². The van der Waals surface area contributed by atoms with Crippen LogP contribution in [0.2, 0.25) is 0 Å². The van der Waals surface area contributed by atoms with Gasteiger partial charge in [-0.15, -0.1) is 0 Å². The topological polar surface area (TPSA) is 61.4 Å². The van der Waals surface area contributed by atoms with E-state index in [1.54, 1.807) is 24.3 Å². The maximum atomic E-state index is 11.8. The molecule has 0 saturated carbocycles. The highest BCUT2D eigenvalue weighted by Gasteiger charge is 2.09. The lowest BCUT2D eigenvalue weighted by Gasteiger charge is -2.16. The van der Waals surface area contributed by atoms with Crippen molar-refractivity contribution in [2.24, 2.45) is 0 Å². The van der Waals surface area contributed by atoms with Gasteiger partial charge in [-0.05, 0) is 56.1 Å². The van der Waals surface area contributed by atoms with E-state index in [4.69, 9.17) is 0 Å². The van der Waals surface area contributed by atoms with Gasteiger partial charge in [0, 0.05) is 17.9 Å². The predicted octanol–water partition coefficient (Wildman–Crippen LogP) is 4.08. The van der Waals surface area contributed by atoms with E-state index in [0.29, 0.717) is 5.56 Å². The van der Waals surface area contributed by atoms with Crippen molar-refractivity contribution in [2.45, 2.75) is 25.8 Å². The molecule has 0 bridgehead atoms. The molecule has 0 aliphatic carbocycles. The number of benzene rings is 2. The second kappa shape index (κ2) is 12.1. The second-order valence-electron chi connectivity index (χ2n) is 6.38. The lowest BCUT2D eigenvalue weighted by molar-refractivity contribution is 0.0965. The second-order valence-corrected chi connectivity index (χ2v) is 7.28. The van der Waals surface area contributed by atoms with Crippen LogP contribution >= 0.6 is 11.9 Å². The van der Waals surface area contributed by atoms with Crippen molar-refractivity contribution in [2.75, 3.05) is 19.3 Å². The first-order valence-corrected chi connectivity index (χ1v) is 10.1. The summed E-state index contributed by atoms with van der Waals surface area (Å²) in [5.74, 6) is 0.435. The Morgan fingerprint density at radius 2 is 1.59 bits per heavy atom. The van der Waals surface area contributed by atoms with Crippen molar-refractivity contribution in [3.8, 4) is 0 Å². The van der Waals surface area contributed by atoms with Crippen LogP contribution in [-0.2, 0) is 6.54 Å². The molecular weight excluding hydrogens is 358 g/mol. The third kappa shape index (κ3) is 8.75. The average Bonchev–Trinajstić information content (AvgIpc) is 2.68. The number of unbranched alkanes of at least 4 members (excludes halogenated alkanes) is 2. The van der Waals surface area contributed by atoms with Crippen LogP contribution in [0.1, 0.15) is 35.2 Å². The highest BCUT2D eigenvalue weighted by atomic mass is 32.2. The van der Waals surface area contributed by atoms with Gasteiger partial charge in [-0.1, -0.05) is 55.0 Å². The highest BCUT2D eigenvalue weighted by molar-refractivity contribution is 7.97. The van der Waals surface area contributed by atoms with E-state index in [9.17, 15) is 9.59 Å². The number of rotatable bonds is 10. The fourth-order valence-corrected chi connectivity index (χ4v) is 3.25. The molecule has 0 atom stereocenters. The molecule has 144 valence electrons. The van der Waals surface area contributed by atoms with Crippen molar-refractivity contribution < 1.29 is 9.59 Å². The standard InChI is InChI=1S/C21H27N3O2S/c1-24(17-18-11-5-2-6-12-18)15-9-4-10-16-27-23-21(26)22-20(25)19-13-7-3-8-14-19/h2-3,5-8,11-14H,4,9-10,15-17H2,1H3,(H2,22,23,25,26). The number of nitrogens with one attached hydrogen (secondary N) is 2. The van der Waals surface area contributed by atoms with Crippen LogP contribution in [0.3, 0.4) is 0 Å². The molecule has 0 fully saturated rings.